The Hall–Kier alpha value is -1.23. The van der Waals surface area contributed by atoms with Gasteiger partial charge in [0.15, 0.2) is 5.82 Å². The van der Waals surface area contributed by atoms with Crippen molar-refractivity contribution in [3.63, 3.8) is 0 Å². The van der Waals surface area contributed by atoms with Crippen LogP contribution in [0.15, 0.2) is 4.52 Å². The van der Waals surface area contributed by atoms with E-state index in [0.717, 1.165) is 25.7 Å². The summed E-state index contributed by atoms with van der Waals surface area (Å²) >= 11 is 0. The van der Waals surface area contributed by atoms with E-state index < -0.39 is 0 Å². The molecule has 17 heavy (non-hydrogen) atoms. The van der Waals surface area contributed by atoms with Crippen molar-refractivity contribution >= 4 is 5.78 Å². The lowest BCUT2D eigenvalue weighted by Crippen LogP contribution is -2.11. The second-order valence-electron chi connectivity index (χ2n) is 4.41. The Morgan fingerprint density at radius 2 is 2.29 bits per heavy atom. The molecule has 0 aromatic carbocycles. The molecule has 5 nitrogen and oxygen atoms in total. The van der Waals surface area contributed by atoms with E-state index in [1.165, 1.54) is 0 Å². The Kier molecular flexibility index (Phi) is 4.25. The van der Waals surface area contributed by atoms with E-state index in [2.05, 4.69) is 10.1 Å². The summed E-state index contributed by atoms with van der Waals surface area (Å²) < 4.78 is 10.1. The lowest BCUT2D eigenvalue weighted by molar-refractivity contribution is -0.120. The molecule has 0 spiro atoms. The van der Waals surface area contributed by atoms with E-state index in [1.54, 1.807) is 7.11 Å². The summed E-state index contributed by atoms with van der Waals surface area (Å²) in [6.45, 7) is 0.567. The number of hydrogen-bond acceptors (Lipinski definition) is 5. The normalized spacial score (nSPS) is 21.5. The van der Waals surface area contributed by atoms with Crippen molar-refractivity contribution < 1.29 is 14.1 Å². The highest BCUT2D eigenvalue weighted by Gasteiger charge is 2.27. The van der Waals surface area contributed by atoms with Crippen LogP contribution in [-0.4, -0.2) is 29.6 Å². The molecule has 0 aliphatic heterocycles. The third kappa shape index (κ3) is 3.12. The van der Waals surface area contributed by atoms with Crippen LogP contribution < -0.4 is 0 Å². The zero-order valence-corrected chi connectivity index (χ0v) is 10.1. The monoisotopic (exact) mass is 238 g/mol. The highest BCUT2D eigenvalue weighted by atomic mass is 16.5. The molecule has 1 atom stereocenters. The Labute approximate surface area is 101 Å². The van der Waals surface area contributed by atoms with Gasteiger partial charge < -0.3 is 9.26 Å². The summed E-state index contributed by atoms with van der Waals surface area (Å²) in [6, 6.07) is 0. The molecule has 0 amide bonds. The summed E-state index contributed by atoms with van der Waals surface area (Å²) in [6.07, 6.45) is 5.27. The quantitative estimate of drug-likeness (QED) is 0.749. The van der Waals surface area contributed by atoms with E-state index in [-0.39, 0.29) is 11.7 Å². The Morgan fingerprint density at radius 3 is 3.12 bits per heavy atom. The van der Waals surface area contributed by atoms with E-state index in [4.69, 9.17) is 9.26 Å². The van der Waals surface area contributed by atoms with Crippen LogP contribution in [0, 0.1) is 0 Å². The fourth-order valence-corrected chi connectivity index (χ4v) is 2.12. The number of carbonyl (C=O) groups is 1. The fraction of sp³-hybridized carbons (Fsp3) is 0.750. The van der Waals surface area contributed by atoms with Crippen LogP contribution in [0.2, 0.25) is 0 Å². The van der Waals surface area contributed by atoms with Crippen molar-refractivity contribution in [1.29, 1.82) is 0 Å². The lowest BCUT2D eigenvalue weighted by atomic mass is 9.99. The first-order valence-corrected chi connectivity index (χ1v) is 6.15. The van der Waals surface area contributed by atoms with Crippen molar-refractivity contribution in [3.8, 4) is 0 Å². The number of aromatic nitrogens is 2. The first kappa shape index (κ1) is 12.2. The predicted molar refractivity (Wildman–Crippen MR) is 60.7 cm³/mol. The largest absolute Gasteiger partial charge is 0.384 e. The van der Waals surface area contributed by atoms with Crippen molar-refractivity contribution in [3.05, 3.63) is 11.7 Å². The van der Waals surface area contributed by atoms with Crippen molar-refractivity contribution in [2.45, 2.75) is 44.4 Å². The molecule has 0 radical (unpaired) electrons. The summed E-state index contributed by atoms with van der Waals surface area (Å²) in [7, 11) is 1.63. The average molecular weight is 238 g/mol. The molecule has 1 aromatic rings. The van der Waals surface area contributed by atoms with E-state index >= 15 is 0 Å². The van der Waals surface area contributed by atoms with Crippen molar-refractivity contribution in [2.24, 2.45) is 0 Å². The maximum atomic E-state index is 11.9. The molecule has 2 rings (SSSR count). The Bertz CT molecular complexity index is 376. The molecule has 0 saturated heterocycles. The minimum Gasteiger partial charge on any atom is -0.384 e. The Morgan fingerprint density at radius 1 is 1.41 bits per heavy atom. The Balaban J connectivity index is 2.04. The van der Waals surface area contributed by atoms with Crippen LogP contribution >= 0.6 is 0 Å². The second kappa shape index (κ2) is 5.91. The van der Waals surface area contributed by atoms with Gasteiger partial charge in [0.05, 0.1) is 12.5 Å². The number of ketones is 1. The van der Waals surface area contributed by atoms with Crippen LogP contribution in [0.1, 0.15) is 49.7 Å². The molecular formula is C12H18N2O3. The number of nitrogens with zero attached hydrogens (tertiary/aromatic N) is 2. The summed E-state index contributed by atoms with van der Waals surface area (Å²) in [5.74, 6) is 1.17. The van der Waals surface area contributed by atoms with Gasteiger partial charge in [-0.05, 0) is 12.8 Å². The molecule has 5 heteroatoms. The summed E-state index contributed by atoms with van der Waals surface area (Å²) in [5, 5.41) is 3.88. The standard InChI is InChI=1S/C12H18N2O3/c1-16-8-7-11-13-12(17-14-11)9-5-3-2-4-6-10(9)15/h9H,2-8H2,1H3. The SMILES string of the molecule is COCCc1noc(C2CCCCCC2=O)n1. The number of methoxy groups -OCH3 is 1. The summed E-state index contributed by atoms with van der Waals surface area (Å²) in [4.78, 5) is 16.2. The molecule has 1 saturated carbocycles. The minimum atomic E-state index is -0.179. The van der Waals surface area contributed by atoms with Gasteiger partial charge in [-0.3, -0.25) is 4.79 Å². The fourth-order valence-electron chi connectivity index (χ4n) is 2.12. The molecule has 0 N–H and O–H groups in total. The molecule has 1 aliphatic rings. The van der Waals surface area contributed by atoms with Gasteiger partial charge in [-0.2, -0.15) is 4.98 Å². The van der Waals surface area contributed by atoms with Gasteiger partial charge in [-0.1, -0.05) is 18.0 Å². The van der Waals surface area contributed by atoms with E-state index in [9.17, 15) is 4.79 Å². The summed E-state index contributed by atoms with van der Waals surface area (Å²) in [5.41, 5.74) is 0. The van der Waals surface area contributed by atoms with Gasteiger partial charge in [0.1, 0.15) is 5.78 Å². The van der Waals surface area contributed by atoms with E-state index in [1.807, 2.05) is 0 Å². The van der Waals surface area contributed by atoms with Gasteiger partial charge in [0.25, 0.3) is 0 Å². The number of carbonyl (C=O) groups excluding carboxylic acids is 1. The molecule has 1 heterocycles. The highest BCUT2D eigenvalue weighted by molar-refractivity contribution is 5.84. The number of rotatable bonds is 4. The van der Waals surface area contributed by atoms with Crippen LogP contribution in [0.3, 0.4) is 0 Å². The first-order valence-electron chi connectivity index (χ1n) is 6.15. The lowest BCUT2D eigenvalue weighted by Gasteiger charge is -2.06. The van der Waals surface area contributed by atoms with Gasteiger partial charge >= 0.3 is 0 Å². The maximum absolute atomic E-state index is 11.9. The first-order chi connectivity index (χ1) is 8.31. The second-order valence-corrected chi connectivity index (χ2v) is 4.41. The van der Waals surface area contributed by atoms with Crippen LogP contribution in [0.4, 0.5) is 0 Å². The molecule has 1 unspecified atom stereocenters. The topological polar surface area (TPSA) is 65.2 Å². The number of Topliss-reactive ketones (excluding diaryl/α,β-unsaturated/α-hetero) is 1. The molecule has 1 aromatic heterocycles. The van der Waals surface area contributed by atoms with Crippen molar-refractivity contribution in [2.75, 3.05) is 13.7 Å². The van der Waals surface area contributed by atoms with Crippen LogP contribution in [0.25, 0.3) is 0 Å². The zero-order chi connectivity index (χ0) is 12.1. The molecule has 1 aliphatic carbocycles. The number of ether oxygens (including phenoxy) is 1. The predicted octanol–water partition coefficient (Wildman–Crippen LogP) is 1.88. The van der Waals surface area contributed by atoms with Crippen molar-refractivity contribution in [1.82, 2.24) is 10.1 Å². The average Bonchev–Trinajstić information content (AvgIpc) is 2.69. The maximum Gasteiger partial charge on any atom is 0.237 e. The van der Waals surface area contributed by atoms with E-state index in [0.29, 0.717) is 31.2 Å². The smallest absolute Gasteiger partial charge is 0.237 e. The minimum absolute atomic E-state index is 0.179. The molecule has 0 bridgehead atoms. The van der Waals surface area contributed by atoms with Crippen LogP contribution in [-0.2, 0) is 16.0 Å². The van der Waals surface area contributed by atoms with Gasteiger partial charge in [-0.15, -0.1) is 0 Å². The third-order valence-corrected chi connectivity index (χ3v) is 3.12. The number of hydrogen-bond donors (Lipinski definition) is 0. The van der Waals surface area contributed by atoms with Gasteiger partial charge in [0, 0.05) is 20.0 Å². The van der Waals surface area contributed by atoms with Gasteiger partial charge in [-0.25, -0.2) is 0 Å². The molecule has 94 valence electrons. The van der Waals surface area contributed by atoms with Gasteiger partial charge in [0.2, 0.25) is 5.89 Å². The molecule has 1 fully saturated rings. The van der Waals surface area contributed by atoms with Crippen LogP contribution in [0.5, 0.6) is 0 Å². The highest BCUT2D eigenvalue weighted by Crippen LogP contribution is 2.27. The molecular weight excluding hydrogens is 220 g/mol. The zero-order valence-electron chi connectivity index (χ0n) is 10.1. The third-order valence-electron chi connectivity index (χ3n) is 3.12.